The van der Waals surface area contributed by atoms with Gasteiger partial charge in [0, 0.05) is 17.5 Å². The Bertz CT molecular complexity index is 1710. The summed E-state index contributed by atoms with van der Waals surface area (Å²) in [4.78, 5) is 50.6. The van der Waals surface area contributed by atoms with Crippen LogP contribution in [0.2, 0.25) is 5.02 Å². The predicted octanol–water partition coefficient (Wildman–Crippen LogP) is 5.71. The van der Waals surface area contributed by atoms with E-state index in [-0.39, 0.29) is 39.8 Å². The molecule has 4 aliphatic rings. The number of rotatable bonds is 4. The lowest BCUT2D eigenvalue weighted by atomic mass is 9.56. The third-order valence-corrected chi connectivity index (χ3v) is 10.8. The van der Waals surface area contributed by atoms with E-state index in [0.29, 0.717) is 6.42 Å². The first-order chi connectivity index (χ1) is 20.6. The van der Waals surface area contributed by atoms with Crippen LogP contribution in [0, 0.1) is 46.8 Å². The molecule has 0 aromatic heterocycles. The summed E-state index contributed by atoms with van der Waals surface area (Å²) in [6.45, 7) is 1.89. The zero-order chi connectivity index (χ0) is 32.2. The molecule has 15 heteroatoms. The predicted molar refractivity (Wildman–Crippen MR) is 147 cm³/mol. The Labute approximate surface area is 261 Å². The smallest absolute Gasteiger partial charge is 0.258 e. The molecule has 44 heavy (non-hydrogen) atoms. The lowest BCUT2D eigenvalue weighted by Gasteiger charge is -2.50. The van der Waals surface area contributed by atoms with E-state index >= 15 is 8.78 Å². The SMILES string of the molecule is CCCN1C(=O)C2CC=C3C(CC4(Cl)C(=O)N(c5c(F)c(F)c(F)c(F)c5F)C(=O)C4(Cl)C3c3ccc(O)cc3Cl)C2C1=O. The van der Waals surface area contributed by atoms with Crippen LogP contribution in [0.5, 0.6) is 5.75 Å². The van der Waals surface area contributed by atoms with Crippen LogP contribution in [0.4, 0.5) is 27.6 Å². The van der Waals surface area contributed by atoms with E-state index in [1.807, 2.05) is 0 Å². The fourth-order valence-electron chi connectivity index (χ4n) is 7.17. The topological polar surface area (TPSA) is 95.0 Å². The van der Waals surface area contributed by atoms with Crippen molar-refractivity contribution in [3.63, 3.8) is 0 Å². The van der Waals surface area contributed by atoms with Gasteiger partial charge < -0.3 is 5.11 Å². The van der Waals surface area contributed by atoms with Crippen molar-refractivity contribution >= 4 is 64.1 Å². The third kappa shape index (κ3) is 3.73. The first-order valence-corrected chi connectivity index (χ1v) is 14.6. The van der Waals surface area contributed by atoms with Crippen LogP contribution in [-0.4, -0.2) is 49.9 Å². The van der Waals surface area contributed by atoms with Gasteiger partial charge in [0.05, 0.1) is 11.8 Å². The Hall–Kier alpha value is -3.22. The fourth-order valence-corrected chi connectivity index (χ4v) is 8.38. The monoisotopic (exact) mass is 676 g/mol. The molecule has 4 amide bonds. The quantitative estimate of drug-likeness (QED) is 0.112. The second-order valence-electron chi connectivity index (χ2n) is 11.2. The Balaban J connectivity index is 1.60. The van der Waals surface area contributed by atoms with E-state index in [9.17, 15) is 37.5 Å². The van der Waals surface area contributed by atoms with Crippen LogP contribution in [0.25, 0.3) is 0 Å². The largest absolute Gasteiger partial charge is 0.508 e. The summed E-state index contributed by atoms with van der Waals surface area (Å²) in [5, 5.41) is 9.83. The maximum Gasteiger partial charge on any atom is 0.258 e. The number of halogens is 8. The molecule has 0 bridgehead atoms. The standard InChI is InChI=1S/C29H20Cl3F5N2O5/c1-2-7-38-24(41)13-6-5-11-14(16(13)25(38)42)9-28(31)26(43)39(23-21(36)19(34)18(33)20(35)22(23)37)27(44)29(28,32)17(11)12-4-3-10(40)8-15(12)30/h3-5,8,13-14,16-17,40H,2,6-7,9H2,1H3. The van der Waals surface area contributed by atoms with Crippen molar-refractivity contribution < 1.29 is 46.2 Å². The number of carbonyl (C=O) groups excluding carboxylic acids is 4. The van der Waals surface area contributed by atoms with Crippen LogP contribution in [-0.2, 0) is 19.2 Å². The zero-order valence-electron chi connectivity index (χ0n) is 22.4. The molecule has 2 aliphatic heterocycles. The second-order valence-corrected chi connectivity index (χ2v) is 12.9. The van der Waals surface area contributed by atoms with Gasteiger partial charge in [-0.2, -0.15) is 0 Å². The Morgan fingerprint density at radius 2 is 1.52 bits per heavy atom. The van der Waals surface area contributed by atoms with Crippen molar-refractivity contribution in [2.24, 2.45) is 17.8 Å². The van der Waals surface area contributed by atoms with Crippen molar-refractivity contribution in [1.29, 1.82) is 0 Å². The molecule has 1 saturated carbocycles. The molecule has 2 aromatic carbocycles. The van der Waals surface area contributed by atoms with Gasteiger partial charge in [-0.15, -0.1) is 23.2 Å². The van der Waals surface area contributed by atoms with Crippen molar-refractivity contribution in [2.45, 2.75) is 41.9 Å². The van der Waals surface area contributed by atoms with Crippen LogP contribution in [0.1, 0.15) is 37.7 Å². The number of hydrogen-bond acceptors (Lipinski definition) is 5. The third-order valence-electron chi connectivity index (χ3n) is 9.05. The van der Waals surface area contributed by atoms with Crippen molar-refractivity contribution in [1.82, 2.24) is 4.90 Å². The Kier molecular flexibility index (Phi) is 7.10. The number of alkyl halides is 2. The minimum Gasteiger partial charge on any atom is -0.508 e. The van der Waals surface area contributed by atoms with Crippen LogP contribution < -0.4 is 4.90 Å². The fraction of sp³-hybridized carbons (Fsp3) is 0.379. The number of phenols is 1. The molecule has 1 N–H and O–H groups in total. The minimum absolute atomic E-state index is 0.0153. The van der Waals surface area contributed by atoms with E-state index in [2.05, 4.69) is 0 Å². The lowest BCUT2D eigenvalue weighted by Crippen LogP contribution is -2.60. The molecule has 0 radical (unpaired) electrons. The molecule has 232 valence electrons. The molecule has 6 atom stereocenters. The Morgan fingerprint density at radius 3 is 2.11 bits per heavy atom. The van der Waals surface area contributed by atoms with Crippen LogP contribution in [0.15, 0.2) is 29.8 Å². The van der Waals surface area contributed by atoms with E-state index < -0.39 is 98.2 Å². The first-order valence-electron chi connectivity index (χ1n) is 13.4. The van der Waals surface area contributed by atoms with Gasteiger partial charge >= 0.3 is 0 Å². The number of likely N-dealkylation sites (tertiary alicyclic amines) is 1. The van der Waals surface area contributed by atoms with Gasteiger partial charge in [-0.25, -0.2) is 26.9 Å². The number of carbonyl (C=O) groups is 4. The summed E-state index contributed by atoms with van der Waals surface area (Å²) in [6.07, 6.45) is 1.45. The lowest BCUT2D eigenvalue weighted by molar-refractivity contribution is -0.140. The number of allylic oxidation sites excluding steroid dienone is 2. The highest BCUT2D eigenvalue weighted by Crippen LogP contribution is 2.66. The molecule has 6 rings (SSSR count). The van der Waals surface area contributed by atoms with Gasteiger partial charge in [0.25, 0.3) is 11.8 Å². The van der Waals surface area contributed by atoms with Crippen molar-refractivity contribution in [2.75, 3.05) is 11.4 Å². The zero-order valence-corrected chi connectivity index (χ0v) is 24.7. The second kappa shape index (κ2) is 10.1. The number of benzene rings is 2. The molecule has 2 saturated heterocycles. The van der Waals surface area contributed by atoms with Crippen molar-refractivity contribution in [3.8, 4) is 5.75 Å². The van der Waals surface area contributed by atoms with Gasteiger partial charge in [-0.05, 0) is 42.9 Å². The number of nitrogens with zero attached hydrogens (tertiary/aromatic N) is 2. The average Bonchev–Trinajstić information content (AvgIpc) is 3.30. The number of imide groups is 2. The summed E-state index contributed by atoms with van der Waals surface area (Å²) < 4.78 is 72.5. The highest BCUT2D eigenvalue weighted by Gasteiger charge is 2.77. The normalized spacial score (nSPS) is 31.3. The Morgan fingerprint density at radius 1 is 0.909 bits per heavy atom. The summed E-state index contributed by atoms with van der Waals surface area (Å²) in [5.41, 5.74) is -1.58. The van der Waals surface area contributed by atoms with E-state index in [1.54, 1.807) is 13.0 Å². The maximum absolute atomic E-state index is 15.0. The summed E-state index contributed by atoms with van der Waals surface area (Å²) in [5.74, 6) is -21.2. The summed E-state index contributed by atoms with van der Waals surface area (Å²) >= 11 is 20.5. The molecule has 2 aliphatic carbocycles. The molecular formula is C29H20Cl3F5N2O5. The molecule has 7 nitrogen and oxygen atoms in total. The number of fused-ring (bicyclic) bond motifs is 4. The highest BCUT2D eigenvalue weighted by atomic mass is 35.5. The van der Waals surface area contributed by atoms with E-state index in [4.69, 9.17) is 34.8 Å². The van der Waals surface area contributed by atoms with Gasteiger partial charge in [0.1, 0.15) is 11.4 Å². The average molecular weight is 678 g/mol. The van der Waals surface area contributed by atoms with E-state index in [0.717, 1.165) is 11.0 Å². The molecule has 3 fully saturated rings. The number of aromatic hydroxyl groups is 1. The number of anilines is 1. The highest BCUT2D eigenvalue weighted by molar-refractivity contribution is 6.58. The van der Waals surface area contributed by atoms with Gasteiger partial charge in [-0.3, -0.25) is 24.1 Å². The van der Waals surface area contributed by atoms with Gasteiger partial charge in [-0.1, -0.05) is 36.2 Å². The summed E-state index contributed by atoms with van der Waals surface area (Å²) in [7, 11) is 0. The number of phenolic OH excluding ortho intramolecular Hbond substituents is 1. The molecule has 6 unspecified atom stereocenters. The molecule has 2 heterocycles. The molecule has 0 spiro atoms. The van der Waals surface area contributed by atoms with Crippen LogP contribution in [0.3, 0.4) is 0 Å². The number of hydrogen-bond donors (Lipinski definition) is 1. The van der Waals surface area contributed by atoms with Gasteiger partial charge in [0.15, 0.2) is 33.0 Å². The first kappa shape index (κ1) is 30.8. The van der Waals surface area contributed by atoms with Crippen LogP contribution >= 0.6 is 34.8 Å². The van der Waals surface area contributed by atoms with Gasteiger partial charge in [0.2, 0.25) is 17.6 Å². The maximum atomic E-state index is 15.0. The van der Waals surface area contributed by atoms with Crippen molar-refractivity contribution in [3.05, 3.63) is 69.5 Å². The number of amides is 4. The molecule has 2 aromatic rings. The molecular weight excluding hydrogens is 658 g/mol. The minimum atomic E-state index is -2.68. The summed E-state index contributed by atoms with van der Waals surface area (Å²) in [6, 6.07) is 3.55. The van der Waals surface area contributed by atoms with E-state index in [1.165, 1.54) is 12.1 Å².